The average Bonchev–Trinajstić information content (AvgIpc) is 3.04. The first-order valence-electron chi connectivity index (χ1n) is 7.86. The smallest absolute Gasteiger partial charge is 0.378 e. The minimum atomic E-state index is -4.53. The number of rotatable bonds is 4. The van der Waals surface area contributed by atoms with Crippen LogP contribution in [-0.4, -0.2) is 42.0 Å². The lowest BCUT2D eigenvalue weighted by Crippen LogP contribution is -2.36. The molecule has 140 valence electrons. The third-order valence-corrected chi connectivity index (χ3v) is 4.31. The Kier molecular flexibility index (Phi) is 5.52. The Morgan fingerprint density at radius 3 is 2.65 bits per heavy atom. The highest BCUT2D eigenvalue weighted by atomic mass is 79.9. The zero-order chi connectivity index (χ0) is 18.7. The summed E-state index contributed by atoms with van der Waals surface area (Å²) < 4.78 is 44.9. The van der Waals surface area contributed by atoms with Crippen molar-refractivity contribution in [2.45, 2.75) is 12.7 Å². The Balaban J connectivity index is 1.72. The fraction of sp³-hybridized carbons (Fsp3) is 0.375. The summed E-state index contributed by atoms with van der Waals surface area (Å²) >= 11 is 3.37. The lowest BCUT2D eigenvalue weighted by molar-refractivity contribution is -0.141. The van der Waals surface area contributed by atoms with Crippen LogP contribution in [0.25, 0.3) is 0 Å². The van der Waals surface area contributed by atoms with E-state index in [9.17, 15) is 18.0 Å². The quantitative estimate of drug-likeness (QED) is 0.805. The molecule has 1 fully saturated rings. The van der Waals surface area contributed by atoms with Crippen LogP contribution in [-0.2, 0) is 22.3 Å². The van der Waals surface area contributed by atoms with Crippen molar-refractivity contribution >= 4 is 33.2 Å². The van der Waals surface area contributed by atoms with Gasteiger partial charge >= 0.3 is 6.18 Å². The van der Waals surface area contributed by atoms with Gasteiger partial charge in [-0.2, -0.15) is 18.3 Å². The second-order valence-corrected chi connectivity index (χ2v) is 6.62. The highest BCUT2D eigenvalue weighted by Crippen LogP contribution is 2.30. The van der Waals surface area contributed by atoms with Crippen molar-refractivity contribution in [1.29, 1.82) is 0 Å². The number of aromatic nitrogens is 2. The van der Waals surface area contributed by atoms with Crippen LogP contribution in [0.4, 0.5) is 24.5 Å². The van der Waals surface area contributed by atoms with E-state index >= 15 is 0 Å². The monoisotopic (exact) mass is 432 g/mol. The number of hydrogen-bond acceptors (Lipinski definition) is 4. The van der Waals surface area contributed by atoms with Gasteiger partial charge in [-0.05, 0) is 24.3 Å². The Labute approximate surface area is 156 Å². The van der Waals surface area contributed by atoms with Crippen molar-refractivity contribution in [1.82, 2.24) is 9.78 Å². The van der Waals surface area contributed by atoms with Crippen LogP contribution in [0.2, 0.25) is 0 Å². The van der Waals surface area contributed by atoms with Gasteiger partial charge < -0.3 is 15.0 Å². The van der Waals surface area contributed by atoms with Gasteiger partial charge in [-0.15, -0.1) is 0 Å². The first kappa shape index (κ1) is 18.7. The van der Waals surface area contributed by atoms with E-state index in [4.69, 9.17) is 4.74 Å². The van der Waals surface area contributed by atoms with Crippen molar-refractivity contribution in [2.75, 3.05) is 36.5 Å². The number of carbonyl (C=O) groups excluding carboxylic acids is 1. The van der Waals surface area contributed by atoms with Gasteiger partial charge in [0, 0.05) is 23.8 Å². The third-order valence-electron chi connectivity index (χ3n) is 3.82. The topological polar surface area (TPSA) is 59.4 Å². The molecule has 26 heavy (non-hydrogen) atoms. The normalized spacial score (nSPS) is 15.2. The van der Waals surface area contributed by atoms with Crippen LogP contribution >= 0.6 is 15.9 Å². The second-order valence-electron chi connectivity index (χ2n) is 5.71. The molecule has 1 aliphatic rings. The minimum Gasteiger partial charge on any atom is -0.378 e. The first-order chi connectivity index (χ1) is 12.3. The summed E-state index contributed by atoms with van der Waals surface area (Å²) in [6.45, 7) is 2.26. The number of benzene rings is 1. The highest BCUT2D eigenvalue weighted by Gasteiger charge is 2.33. The van der Waals surface area contributed by atoms with Gasteiger partial charge in [-0.3, -0.25) is 9.48 Å². The molecule has 1 amide bonds. The van der Waals surface area contributed by atoms with E-state index in [0.29, 0.717) is 32.0 Å². The van der Waals surface area contributed by atoms with Gasteiger partial charge in [0.1, 0.15) is 6.54 Å². The van der Waals surface area contributed by atoms with Gasteiger partial charge in [-0.25, -0.2) is 0 Å². The summed E-state index contributed by atoms with van der Waals surface area (Å²) in [5.74, 6) is -0.463. The van der Waals surface area contributed by atoms with E-state index in [1.165, 1.54) is 0 Å². The van der Waals surface area contributed by atoms with E-state index in [1.807, 2.05) is 12.1 Å². The summed E-state index contributed by atoms with van der Waals surface area (Å²) in [6.07, 6.45) is -3.40. The zero-order valence-electron chi connectivity index (χ0n) is 13.6. The number of amides is 1. The molecule has 10 heteroatoms. The van der Waals surface area contributed by atoms with Gasteiger partial charge in [0.2, 0.25) is 5.91 Å². The molecule has 6 nitrogen and oxygen atoms in total. The maximum atomic E-state index is 12.6. The molecule has 0 saturated carbocycles. The standard InChI is InChI=1S/C16H16BrF3N4O2/c17-11-1-2-13(23-5-7-26-8-6-23)12(9-11)21-15(25)10-24-4-3-14(22-24)16(18,19)20/h1-4,9H,5-8,10H2,(H,21,25). The van der Waals surface area contributed by atoms with Crippen molar-refractivity contribution in [3.63, 3.8) is 0 Å². The van der Waals surface area contributed by atoms with Gasteiger partial charge in [0.15, 0.2) is 5.69 Å². The van der Waals surface area contributed by atoms with Crippen LogP contribution in [0.5, 0.6) is 0 Å². The maximum absolute atomic E-state index is 12.6. The number of halogens is 4. The Morgan fingerprint density at radius 1 is 1.27 bits per heavy atom. The van der Waals surface area contributed by atoms with E-state index in [-0.39, 0.29) is 6.54 Å². The molecule has 3 rings (SSSR count). The van der Waals surface area contributed by atoms with Gasteiger partial charge in [0.25, 0.3) is 0 Å². The molecule has 0 spiro atoms. The molecule has 0 bridgehead atoms. The molecule has 1 aromatic carbocycles. The number of alkyl halides is 3. The molecule has 1 N–H and O–H groups in total. The highest BCUT2D eigenvalue weighted by molar-refractivity contribution is 9.10. The molecular formula is C16H16BrF3N4O2. The molecule has 0 radical (unpaired) electrons. The minimum absolute atomic E-state index is 0.314. The summed E-state index contributed by atoms with van der Waals surface area (Å²) in [5.41, 5.74) is 0.387. The van der Waals surface area contributed by atoms with Crippen LogP contribution in [0.3, 0.4) is 0 Å². The summed E-state index contributed by atoms with van der Waals surface area (Å²) in [4.78, 5) is 14.4. The number of nitrogens with zero attached hydrogens (tertiary/aromatic N) is 3. The van der Waals surface area contributed by atoms with Gasteiger partial charge in [-0.1, -0.05) is 15.9 Å². The molecule has 1 aliphatic heterocycles. The SMILES string of the molecule is O=C(Cn1ccc(C(F)(F)F)n1)Nc1cc(Br)ccc1N1CCOCC1. The van der Waals surface area contributed by atoms with E-state index in [0.717, 1.165) is 27.1 Å². The average molecular weight is 433 g/mol. The van der Waals surface area contributed by atoms with Crippen LogP contribution < -0.4 is 10.2 Å². The molecule has 0 unspecified atom stereocenters. The molecule has 2 aromatic rings. The lowest BCUT2D eigenvalue weighted by Gasteiger charge is -2.30. The summed E-state index contributed by atoms with van der Waals surface area (Å²) in [7, 11) is 0. The first-order valence-corrected chi connectivity index (χ1v) is 8.65. The fourth-order valence-corrected chi connectivity index (χ4v) is 2.99. The third kappa shape index (κ3) is 4.55. The molecule has 2 heterocycles. The summed E-state index contributed by atoms with van der Waals surface area (Å²) in [5, 5.41) is 6.14. The lowest BCUT2D eigenvalue weighted by atomic mass is 10.2. The van der Waals surface area contributed by atoms with Crippen molar-refractivity contribution in [2.24, 2.45) is 0 Å². The van der Waals surface area contributed by atoms with Crippen LogP contribution in [0.15, 0.2) is 34.9 Å². The number of anilines is 2. The zero-order valence-corrected chi connectivity index (χ0v) is 15.2. The van der Waals surface area contributed by atoms with E-state index in [2.05, 4.69) is 31.2 Å². The number of carbonyl (C=O) groups is 1. The molecule has 1 saturated heterocycles. The maximum Gasteiger partial charge on any atom is 0.435 e. The van der Waals surface area contributed by atoms with E-state index in [1.54, 1.807) is 6.07 Å². The Bertz CT molecular complexity index is 788. The molecule has 0 aliphatic carbocycles. The predicted molar refractivity (Wildman–Crippen MR) is 93.0 cm³/mol. The number of nitrogens with one attached hydrogen (secondary N) is 1. The Morgan fingerprint density at radius 2 is 2.00 bits per heavy atom. The predicted octanol–water partition coefficient (Wildman–Crippen LogP) is 3.14. The Hall–Kier alpha value is -2.07. The summed E-state index contributed by atoms with van der Waals surface area (Å²) in [6, 6.07) is 6.34. The van der Waals surface area contributed by atoms with Crippen molar-refractivity contribution in [3.8, 4) is 0 Å². The number of ether oxygens (including phenoxy) is 1. The van der Waals surface area contributed by atoms with Crippen molar-refractivity contribution < 1.29 is 22.7 Å². The fourth-order valence-electron chi connectivity index (χ4n) is 2.63. The molecule has 1 aromatic heterocycles. The molecular weight excluding hydrogens is 417 g/mol. The molecule has 0 atom stereocenters. The van der Waals surface area contributed by atoms with Gasteiger partial charge in [0.05, 0.1) is 24.6 Å². The van der Waals surface area contributed by atoms with Crippen LogP contribution in [0, 0.1) is 0 Å². The second kappa shape index (κ2) is 7.67. The van der Waals surface area contributed by atoms with Crippen molar-refractivity contribution in [3.05, 3.63) is 40.6 Å². The largest absolute Gasteiger partial charge is 0.435 e. The van der Waals surface area contributed by atoms with E-state index < -0.39 is 17.8 Å². The number of morpholine rings is 1. The van der Waals surface area contributed by atoms with Crippen LogP contribution in [0.1, 0.15) is 5.69 Å². The number of hydrogen-bond donors (Lipinski definition) is 1.